The number of amides is 1. The van der Waals surface area contributed by atoms with Crippen molar-refractivity contribution in [1.82, 2.24) is 9.55 Å². The van der Waals surface area contributed by atoms with E-state index in [0.29, 0.717) is 22.3 Å². The summed E-state index contributed by atoms with van der Waals surface area (Å²) < 4.78 is 1.48. The Morgan fingerprint density at radius 2 is 1.91 bits per heavy atom. The van der Waals surface area contributed by atoms with Crippen LogP contribution in [0.4, 0.5) is 5.69 Å². The molecule has 0 aliphatic heterocycles. The third-order valence-corrected chi connectivity index (χ3v) is 7.13. The topological polar surface area (TPSA) is 64.0 Å². The van der Waals surface area contributed by atoms with E-state index in [1.165, 1.54) is 46.2 Å². The highest BCUT2D eigenvalue weighted by atomic mass is 32.1. The molecular formula is C26H25N3O2S. The molecule has 0 saturated heterocycles. The molecule has 0 radical (unpaired) electrons. The number of aromatic nitrogens is 2. The van der Waals surface area contributed by atoms with Gasteiger partial charge in [-0.05, 0) is 60.9 Å². The first-order chi connectivity index (χ1) is 15.7. The summed E-state index contributed by atoms with van der Waals surface area (Å²) >= 11 is 1.47. The van der Waals surface area contributed by atoms with Crippen molar-refractivity contribution in [3.05, 3.63) is 81.7 Å². The summed E-state index contributed by atoms with van der Waals surface area (Å²) in [5.74, 6) is -0.215. The number of para-hydroxylation sites is 1. The Labute approximate surface area is 190 Å². The zero-order chi connectivity index (χ0) is 22.1. The lowest BCUT2D eigenvalue weighted by atomic mass is 9.89. The summed E-state index contributed by atoms with van der Waals surface area (Å²) in [5.41, 5.74) is 5.30. The predicted octanol–water partition coefficient (Wildman–Crippen LogP) is 5.59. The van der Waals surface area contributed by atoms with Gasteiger partial charge in [-0.2, -0.15) is 0 Å². The van der Waals surface area contributed by atoms with Crippen molar-refractivity contribution in [3.63, 3.8) is 0 Å². The predicted molar refractivity (Wildman–Crippen MR) is 130 cm³/mol. The highest BCUT2D eigenvalue weighted by molar-refractivity contribution is 7.17. The third kappa shape index (κ3) is 3.75. The maximum Gasteiger partial charge on any atom is 0.263 e. The zero-order valence-corrected chi connectivity index (χ0v) is 18.8. The van der Waals surface area contributed by atoms with Crippen molar-refractivity contribution in [1.29, 1.82) is 0 Å². The van der Waals surface area contributed by atoms with Gasteiger partial charge in [0.2, 0.25) is 5.91 Å². The maximum atomic E-state index is 13.6. The number of fused-ring (bicyclic) bond motifs is 2. The summed E-state index contributed by atoms with van der Waals surface area (Å²) in [4.78, 5) is 31.8. The van der Waals surface area contributed by atoms with Gasteiger partial charge in [0.15, 0.2) is 0 Å². The van der Waals surface area contributed by atoms with Gasteiger partial charge in [-0.15, -0.1) is 11.3 Å². The van der Waals surface area contributed by atoms with Crippen LogP contribution in [0.5, 0.6) is 0 Å². The van der Waals surface area contributed by atoms with E-state index < -0.39 is 6.04 Å². The minimum atomic E-state index is -0.629. The molecule has 5 nitrogen and oxygen atoms in total. The average Bonchev–Trinajstić information content (AvgIpc) is 3.26. The van der Waals surface area contributed by atoms with Gasteiger partial charge < -0.3 is 5.32 Å². The molecule has 2 aromatic heterocycles. The number of benzene rings is 2. The Morgan fingerprint density at radius 1 is 1.12 bits per heavy atom. The number of anilines is 1. The molecule has 2 aromatic carbocycles. The molecule has 6 heteroatoms. The fourth-order valence-corrected chi connectivity index (χ4v) is 5.44. The lowest BCUT2D eigenvalue weighted by Gasteiger charge is -2.18. The minimum absolute atomic E-state index is 0.168. The molecule has 1 N–H and O–H groups in total. The van der Waals surface area contributed by atoms with Gasteiger partial charge in [0.25, 0.3) is 5.56 Å². The molecule has 5 rings (SSSR count). The molecule has 32 heavy (non-hydrogen) atoms. The van der Waals surface area contributed by atoms with Crippen molar-refractivity contribution in [2.24, 2.45) is 0 Å². The van der Waals surface area contributed by atoms with Crippen molar-refractivity contribution < 1.29 is 4.79 Å². The number of aryl methyl sites for hydroxylation is 2. The Hall–Kier alpha value is -3.25. The maximum absolute atomic E-state index is 13.6. The van der Waals surface area contributed by atoms with Crippen LogP contribution in [-0.4, -0.2) is 15.5 Å². The number of thiophene rings is 1. The van der Waals surface area contributed by atoms with Crippen LogP contribution in [-0.2, 0) is 17.6 Å². The van der Waals surface area contributed by atoms with Gasteiger partial charge in [-0.25, -0.2) is 4.98 Å². The molecule has 162 valence electrons. The second-order valence-electron chi connectivity index (χ2n) is 8.26. The SMILES string of the molecule is CCC(C(=O)Nc1ccccc1)n1cnc2scc(-c3ccc4c(c3)CCCC4)c2c1=O. The first-order valence-corrected chi connectivity index (χ1v) is 12.0. The molecule has 1 unspecified atom stereocenters. The molecule has 4 aromatic rings. The second kappa shape index (κ2) is 8.71. The summed E-state index contributed by atoms with van der Waals surface area (Å²) in [6.45, 7) is 1.91. The molecule has 2 heterocycles. The quantitative estimate of drug-likeness (QED) is 0.437. The zero-order valence-electron chi connectivity index (χ0n) is 18.0. The van der Waals surface area contributed by atoms with Crippen LogP contribution in [0.15, 0.2) is 65.0 Å². The lowest BCUT2D eigenvalue weighted by molar-refractivity contribution is -0.119. The van der Waals surface area contributed by atoms with E-state index in [4.69, 9.17) is 0 Å². The molecule has 1 amide bonds. The van der Waals surface area contributed by atoms with E-state index >= 15 is 0 Å². The van der Waals surface area contributed by atoms with Crippen LogP contribution in [0.25, 0.3) is 21.3 Å². The highest BCUT2D eigenvalue weighted by Gasteiger charge is 2.23. The number of carbonyl (C=O) groups excluding carboxylic acids is 1. The van der Waals surface area contributed by atoms with Crippen LogP contribution in [0.1, 0.15) is 43.4 Å². The molecule has 0 bridgehead atoms. The van der Waals surface area contributed by atoms with Crippen LogP contribution in [0.2, 0.25) is 0 Å². The number of rotatable bonds is 5. The molecular weight excluding hydrogens is 418 g/mol. The molecule has 0 spiro atoms. The highest BCUT2D eigenvalue weighted by Crippen LogP contribution is 2.33. The monoisotopic (exact) mass is 443 g/mol. The van der Waals surface area contributed by atoms with E-state index in [2.05, 4.69) is 28.5 Å². The van der Waals surface area contributed by atoms with Gasteiger partial charge in [0.1, 0.15) is 10.9 Å². The normalized spacial score (nSPS) is 14.2. The van der Waals surface area contributed by atoms with Gasteiger partial charge >= 0.3 is 0 Å². The third-order valence-electron chi connectivity index (χ3n) is 6.25. The average molecular weight is 444 g/mol. The minimum Gasteiger partial charge on any atom is -0.324 e. The van der Waals surface area contributed by atoms with Crippen molar-refractivity contribution in [2.75, 3.05) is 5.32 Å². The van der Waals surface area contributed by atoms with E-state index in [9.17, 15) is 9.59 Å². The van der Waals surface area contributed by atoms with Gasteiger partial charge in [-0.1, -0.05) is 43.3 Å². The largest absolute Gasteiger partial charge is 0.324 e. The fraction of sp³-hybridized carbons (Fsp3) is 0.269. The first-order valence-electron chi connectivity index (χ1n) is 11.1. The number of carbonyl (C=O) groups is 1. The second-order valence-corrected chi connectivity index (χ2v) is 9.11. The molecule has 1 aliphatic carbocycles. The summed E-state index contributed by atoms with van der Waals surface area (Å²) in [7, 11) is 0. The lowest BCUT2D eigenvalue weighted by Crippen LogP contribution is -2.33. The molecule has 1 atom stereocenters. The van der Waals surface area contributed by atoms with Crippen molar-refractivity contribution in [3.8, 4) is 11.1 Å². The molecule has 0 fully saturated rings. The van der Waals surface area contributed by atoms with Crippen molar-refractivity contribution in [2.45, 2.75) is 45.1 Å². The first kappa shape index (κ1) is 20.6. The summed E-state index contributed by atoms with van der Waals surface area (Å²) in [6, 6.07) is 15.2. The Bertz CT molecular complexity index is 1340. The number of nitrogens with one attached hydrogen (secondary N) is 1. The standard InChI is InChI=1S/C26H25N3O2S/c1-2-22(24(30)28-20-10-4-3-5-11-20)29-16-27-25-23(26(29)31)21(15-32-25)19-13-12-17-8-6-7-9-18(17)14-19/h3-5,10-16,22H,2,6-9H2,1H3,(H,28,30). The number of hydrogen-bond acceptors (Lipinski definition) is 4. The van der Waals surface area contributed by atoms with Crippen LogP contribution >= 0.6 is 11.3 Å². The van der Waals surface area contributed by atoms with E-state index in [1.54, 1.807) is 0 Å². The van der Waals surface area contributed by atoms with Crippen LogP contribution < -0.4 is 10.9 Å². The Kier molecular flexibility index (Phi) is 5.62. The van der Waals surface area contributed by atoms with E-state index in [1.807, 2.05) is 42.6 Å². The molecule has 0 saturated carbocycles. The van der Waals surface area contributed by atoms with Gasteiger partial charge in [0, 0.05) is 16.6 Å². The van der Waals surface area contributed by atoms with Gasteiger partial charge in [0.05, 0.1) is 11.7 Å². The van der Waals surface area contributed by atoms with Crippen LogP contribution in [0, 0.1) is 0 Å². The van der Waals surface area contributed by atoms with E-state index in [0.717, 1.165) is 24.0 Å². The molecule has 1 aliphatic rings. The van der Waals surface area contributed by atoms with Crippen LogP contribution in [0.3, 0.4) is 0 Å². The smallest absolute Gasteiger partial charge is 0.263 e. The number of nitrogens with zero attached hydrogens (tertiary/aromatic N) is 2. The van der Waals surface area contributed by atoms with Gasteiger partial charge in [-0.3, -0.25) is 14.2 Å². The summed E-state index contributed by atoms with van der Waals surface area (Å²) in [6.07, 6.45) is 6.67. The number of hydrogen-bond donors (Lipinski definition) is 1. The van der Waals surface area contributed by atoms with E-state index in [-0.39, 0.29) is 11.5 Å². The summed E-state index contributed by atoms with van der Waals surface area (Å²) in [5, 5.41) is 5.53. The Morgan fingerprint density at radius 3 is 2.69 bits per heavy atom. The Balaban J connectivity index is 1.55. The van der Waals surface area contributed by atoms with Crippen molar-refractivity contribution >= 4 is 33.1 Å². The fourth-order valence-electron chi connectivity index (χ4n) is 4.54.